The number of halogens is 2. The second kappa shape index (κ2) is 7.59. The summed E-state index contributed by atoms with van der Waals surface area (Å²) in [7, 11) is 0. The molecule has 5 aliphatic rings. The molecule has 0 saturated carbocycles. The number of hydrogen-bond donors (Lipinski definition) is 0. The molecule has 1 aliphatic heterocycles. The number of allylic oxidation sites excluding steroid dienone is 8. The van der Waals surface area contributed by atoms with E-state index in [1.54, 1.807) is 11.1 Å². The van der Waals surface area contributed by atoms with Crippen LogP contribution in [0.15, 0.2) is 45.6 Å². The molecule has 0 aromatic rings. The van der Waals surface area contributed by atoms with Crippen LogP contribution in [-0.2, 0) is 23.2 Å². The molecule has 122 valence electrons. The van der Waals surface area contributed by atoms with Gasteiger partial charge < -0.3 is 34.0 Å². The van der Waals surface area contributed by atoms with E-state index in [2.05, 4.69) is 12.2 Å². The van der Waals surface area contributed by atoms with Crippen molar-refractivity contribution in [2.24, 2.45) is 0 Å². The molecular weight excluding hydrogens is 491 g/mol. The van der Waals surface area contributed by atoms with Crippen LogP contribution in [0.4, 0.5) is 0 Å². The minimum Gasteiger partial charge on any atom is -1.00 e. The molecule has 0 bridgehead atoms. The zero-order valence-corrected chi connectivity index (χ0v) is 19.3. The molecule has 4 aliphatic carbocycles. The molecule has 0 nitrogen and oxygen atoms in total. The smallest absolute Gasteiger partial charge is 1.00 e. The Morgan fingerprint density at radius 1 is 0.609 bits per heavy atom. The van der Waals surface area contributed by atoms with Crippen LogP contribution in [0.1, 0.15) is 64.2 Å². The summed E-state index contributed by atoms with van der Waals surface area (Å²) >= 11 is -0.383. The van der Waals surface area contributed by atoms with E-state index in [1.807, 2.05) is 22.3 Å². The van der Waals surface area contributed by atoms with E-state index in [-0.39, 0.29) is 57.2 Å². The van der Waals surface area contributed by atoms with Crippen LogP contribution >= 0.6 is 0 Å². The minimum absolute atomic E-state index is 0. The van der Waals surface area contributed by atoms with Crippen LogP contribution < -0.4 is 34.0 Å². The van der Waals surface area contributed by atoms with Gasteiger partial charge in [-0.15, -0.1) is 0 Å². The van der Waals surface area contributed by atoms with E-state index in [0.29, 0.717) is 0 Å². The van der Waals surface area contributed by atoms with Crippen molar-refractivity contribution in [3.8, 4) is 0 Å². The summed E-state index contributed by atoms with van der Waals surface area (Å²) in [6.07, 6.45) is 19.6. The standard InChI is InChI=1S/C20H24.2BrH.Zr/c1-2-6-18-12-15(11-17(18)5-1)9-10-16-13-19-7-3-4-8-20(19)14-16;;;/h11-14H,1-10H2;2*1H;/q;;;+2/p-2. The Labute approximate surface area is 173 Å². The van der Waals surface area contributed by atoms with Gasteiger partial charge in [0.15, 0.2) is 0 Å². The molecule has 0 amide bonds. The molecular formula is C20H24Br2Zr. The summed E-state index contributed by atoms with van der Waals surface area (Å²) in [5, 5.41) is 0. The number of hydrogen-bond acceptors (Lipinski definition) is 0. The quantitative estimate of drug-likeness (QED) is 0.429. The van der Waals surface area contributed by atoms with Gasteiger partial charge in [0, 0.05) is 0 Å². The normalized spacial score (nSPS) is 31.0. The Morgan fingerprint density at radius 3 is 1.52 bits per heavy atom. The van der Waals surface area contributed by atoms with Gasteiger partial charge in [0.1, 0.15) is 0 Å². The summed E-state index contributed by atoms with van der Waals surface area (Å²) in [4.78, 5) is 0. The largest absolute Gasteiger partial charge is 1.00 e. The molecule has 0 N–H and O–H groups in total. The van der Waals surface area contributed by atoms with Crippen molar-refractivity contribution in [1.82, 2.24) is 0 Å². The van der Waals surface area contributed by atoms with Crippen LogP contribution in [0, 0.1) is 0 Å². The van der Waals surface area contributed by atoms with Gasteiger partial charge in [0.2, 0.25) is 0 Å². The molecule has 5 rings (SSSR count). The Bertz CT molecular complexity index is 570. The Balaban J connectivity index is 0.000000781. The van der Waals surface area contributed by atoms with Crippen molar-refractivity contribution >= 4 is 0 Å². The molecule has 0 aromatic carbocycles. The minimum atomic E-state index is -0.383. The van der Waals surface area contributed by atoms with E-state index in [0.717, 1.165) is 7.25 Å². The fourth-order valence-electron chi connectivity index (χ4n) is 5.26. The molecule has 23 heavy (non-hydrogen) atoms. The fraction of sp³-hybridized carbons (Fsp3) is 0.600. The maximum atomic E-state index is 2.66. The summed E-state index contributed by atoms with van der Waals surface area (Å²) in [6.45, 7) is 0. The first kappa shape index (κ1) is 18.6. The summed E-state index contributed by atoms with van der Waals surface area (Å²) in [6, 6.07) is 0. The third-order valence-corrected chi connectivity index (χ3v) is 11.5. The second-order valence-electron chi connectivity index (χ2n) is 7.49. The third-order valence-electron chi connectivity index (χ3n) is 6.30. The molecule has 2 unspecified atom stereocenters. The molecule has 1 saturated heterocycles. The van der Waals surface area contributed by atoms with Gasteiger partial charge in [-0.3, -0.25) is 0 Å². The summed E-state index contributed by atoms with van der Waals surface area (Å²) < 4.78 is 2.02. The van der Waals surface area contributed by atoms with Gasteiger partial charge in [-0.1, -0.05) is 0 Å². The van der Waals surface area contributed by atoms with Crippen LogP contribution in [0.3, 0.4) is 0 Å². The summed E-state index contributed by atoms with van der Waals surface area (Å²) in [5.74, 6) is 0. The van der Waals surface area contributed by atoms with E-state index in [4.69, 9.17) is 0 Å². The topological polar surface area (TPSA) is 0 Å². The third kappa shape index (κ3) is 3.17. The Hall–Kier alpha value is 0.803. The van der Waals surface area contributed by atoms with Crippen molar-refractivity contribution < 1.29 is 57.2 Å². The van der Waals surface area contributed by atoms with Gasteiger partial charge in [-0.25, -0.2) is 0 Å². The molecule has 2 atom stereocenters. The first-order valence-electron chi connectivity index (χ1n) is 9.01. The monoisotopic (exact) mass is 512 g/mol. The number of fused-ring (bicyclic) bond motifs is 4. The van der Waals surface area contributed by atoms with Crippen molar-refractivity contribution in [2.75, 3.05) is 0 Å². The zero-order valence-electron chi connectivity index (χ0n) is 13.6. The van der Waals surface area contributed by atoms with E-state index in [9.17, 15) is 0 Å². The van der Waals surface area contributed by atoms with E-state index >= 15 is 0 Å². The molecule has 0 radical (unpaired) electrons. The SMILES string of the molecule is C1=C2CCC3=CC4=C(CCCC4)[CH]3[Zr+2][CH]2C2=C1CCCC2.[Br-].[Br-]. The van der Waals surface area contributed by atoms with Gasteiger partial charge in [-0.05, 0) is 0 Å². The van der Waals surface area contributed by atoms with Crippen molar-refractivity contribution in [2.45, 2.75) is 71.5 Å². The summed E-state index contributed by atoms with van der Waals surface area (Å²) in [5.41, 5.74) is 11.2. The Kier molecular flexibility index (Phi) is 6.13. The van der Waals surface area contributed by atoms with Gasteiger partial charge in [0.05, 0.1) is 0 Å². The molecule has 1 heterocycles. The van der Waals surface area contributed by atoms with Gasteiger partial charge >= 0.3 is 140 Å². The molecule has 3 heteroatoms. The predicted octanol–water partition coefficient (Wildman–Crippen LogP) is 0.0689. The van der Waals surface area contributed by atoms with E-state index in [1.165, 1.54) is 64.2 Å². The van der Waals surface area contributed by atoms with E-state index < -0.39 is 0 Å². The van der Waals surface area contributed by atoms with Gasteiger partial charge in [0.25, 0.3) is 0 Å². The molecule has 0 aromatic heterocycles. The van der Waals surface area contributed by atoms with Gasteiger partial charge in [-0.2, -0.15) is 0 Å². The molecule has 1 fully saturated rings. The number of rotatable bonds is 0. The first-order chi connectivity index (χ1) is 10.4. The maximum Gasteiger partial charge on any atom is -1.00 e. The van der Waals surface area contributed by atoms with Crippen molar-refractivity contribution in [3.63, 3.8) is 0 Å². The van der Waals surface area contributed by atoms with Crippen molar-refractivity contribution in [3.05, 3.63) is 45.6 Å². The van der Waals surface area contributed by atoms with Crippen LogP contribution in [0.2, 0.25) is 7.25 Å². The average molecular weight is 515 g/mol. The molecule has 0 spiro atoms. The van der Waals surface area contributed by atoms with Crippen LogP contribution in [0.5, 0.6) is 0 Å². The van der Waals surface area contributed by atoms with Crippen molar-refractivity contribution in [1.29, 1.82) is 0 Å². The predicted molar refractivity (Wildman–Crippen MR) is 83.9 cm³/mol. The van der Waals surface area contributed by atoms with Crippen LogP contribution in [-0.4, -0.2) is 0 Å². The Morgan fingerprint density at radius 2 is 1.04 bits per heavy atom. The first-order valence-corrected chi connectivity index (χ1v) is 11.8. The second-order valence-corrected chi connectivity index (χ2v) is 11.1. The maximum absolute atomic E-state index is 2.66. The van der Waals surface area contributed by atoms with Crippen LogP contribution in [0.25, 0.3) is 0 Å². The fourth-order valence-corrected chi connectivity index (χ4v) is 10.9. The average Bonchev–Trinajstić information content (AvgIpc) is 3.00. The zero-order chi connectivity index (χ0) is 13.8.